The van der Waals surface area contributed by atoms with Crippen LogP contribution in [0.25, 0.3) is 0 Å². The number of anilines is 2. The Balaban J connectivity index is 1.81. The summed E-state index contributed by atoms with van der Waals surface area (Å²) in [5.41, 5.74) is 2.69. The van der Waals surface area contributed by atoms with Crippen LogP contribution in [0, 0.1) is 0 Å². The highest BCUT2D eigenvalue weighted by molar-refractivity contribution is 9.10. The van der Waals surface area contributed by atoms with Crippen LogP contribution in [-0.4, -0.2) is 17.4 Å². The first-order valence-corrected chi connectivity index (χ1v) is 7.77. The summed E-state index contributed by atoms with van der Waals surface area (Å²) in [4.78, 5) is 16.5. The van der Waals surface area contributed by atoms with Crippen LogP contribution in [-0.2, 0) is 4.79 Å². The molecule has 1 aromatic heterocycles. The molecule has 1 aliphatic heterocycles. The van der Waals surface area contributed by atoms with E-state index < -0.39 is 0 Å². The number of nitrogens with zero attached hydrogens (tertiary/aromatic N) is 1. The van der Waals surface area contributed by atoms with E-state index in [2.05, 4.69) is 31.5 Å². The SMILES string of the molecule is O=C(Nc1cnc(Cl)c(Br)c1)C1CCNc2ccccc21. The van der Waals surface area contributed by atoms with E-state index in [0.717, 1.165) is 24.2 Å². The Morgan fingerprint density at radius 2 is 2.24 bits per heavy atom. The second-order valence-electron chi connectivity index (χ2n) is 4.84. The van der Waals surface area contributed by atoms with E-state index in [1.807, 2.05) is 24.3 Å². The number of amides is 1. The third-order valence-electron chi connectivity index (χ3n) is 3.46. The van der Waals surface area contributed by atoms with Gasteiger partial charge in [0.2, 0.25) is 5.91 Å². The van der Waals surface area contributed by atoms with Crippen LogP contribution >= 0.6 is 27.5 Å². The molecule has 4 nitrogen and oxygen atoms in total. The van der Waals surface area contributed by atoms with Crippen LogP contribution in [0.2, 0.25) is 5.15 Å². The summed E-state index contributed by atoms with van der Waals surface area (Å²) in [6.45, 7) is 0.789. The maximum absolute atomic E-state index is 12.5. The van der Waals surface area contributed by atoms with Crippen molar-refractivity contribution in [2.24, 2.45) is 0 Å². The van der Waals surface area contributed by atoms with E-state index in [1.54, 1.807) is 12.3 Å². The number of pyridine rings is 1. The molecule has 1 aliphatic rings. The average Bonchev–Trinajstić information content (AvgIpc) is 2.50. The number of nitrogens with one attached hydrogen (secondary N) is 2. The molecule has 0 bridgehead atoms. The number of halogens is 2. The molecule has 0 saturated heterocycles. The molecular weight excluding hydrogens is 354 g/mol. The Kier molecular flexibility index (Phi) is 4.12. The minimum atomic E-state index is -0.156. The number of carbonyl (C=O) groups excluding carboxylic acids is 1. The Bertz CT molecular complexity index is 692. The number of rotatable bonds is 2. The first-order valence-electron chi connectivity index (χ1n) is 6.60. The van der Waals surface area contributed by atoms with E-state index in [-0.39, 0.29) is 11.8 Å². The Hall–Kier alpha value is -1.59. The van der Waals surface area contributed by atoms with Gasteiger partial charge in [0.05, 0.1) is 22.3 Å². The summed E-state index contributed by atoms with van der Waals surface area (Å²) in [5.74, 6) is -0.183. The van der Waals surface area contributed by atoms with E-state index in [0.29, 0.717) is 15.3 Å². The second-order valence-corrected chi connectivity index (χ2v) is 6.05. The molecule has 1 aromatic carbocycles. The highest BCUT2D eigenvalue weighted by atomic mass is 79.9. The summed E-state index contributed by atoms with van der Waals surface area (Å²) in [6.07, 6.45) is 2.32. The number of para-hydroxylation sites is 1. The van der Waals surface area contributed by atoms with Crippen LogP contribution < -0.4 is 10.6 Å². The Labute approximate surface area is 136 Å². The van der Waals surface area contributed by atoms with E-state index in [9.17, 15) is 4.79 Å². The highest BCUT2D eigenvalue weighted by Gasteiger charge is 2.26. The van der Waals surface area contributed by atoms with E-state index >= 15 is 0 Å². The zero-order chi connectivity index (χ0) is 14.8. The van der Waals surface area contributed by atoms with Crippen molar-refractivity contribution in [3.8, 4) is 0 Å². The lowest BCUT2D eigenvalue weighted by Gasteiger charge is -2.25. The molecule has 1 amide bonds. The minimum absolute atomic E-state index is 0.0278. The summed E-state index contributed by atoms with van der Waals surface area (Å²) < 4.78 is 0.660. The van der Waals surface area contributed by atoms with Gasteiger partial charge < -0.3 is 10.6 Å². The molecule has 2 heterocycles. The monoisotopic (exact) mass is 365 g/mol. The molecular formula is C15H13BrClN3O. The number of carbonyl (C=O) groups is 1. The van der Waals surface area contributed by atoms with Crippen molar-refractivity contribution in [3.63, 3.8) is 0 Å². The molecule has 0 saturated carbocycles. The number of hydrogen-bond acceptors (Lipinski definition) is 3. The standard InChI is InChI=1S/C15H13BrClN3O/c16-12-7-9(8-19-14(12)17)20-15(21)11-5-6-18-13-4-2-1-3-10(11)13/h1-4,7-8,11,18H,5-6H2,(H,20,21). The molecule has 2 N–H and O–H groups in total. The van der Waals surface area contributed by atoms with Crippen LogP contribution in [0.1, 0.15) is 17.9 Å². The lowest BCUT2D eigenvalue weighted by atomic mass is 9.90. The van der Waals surface area contributed by atoms with Gasteiger partial charge in [-0.3, -0.25) is 4.79 Å². The van der Waals surface area contributed by atoms with Crippen molar-refractivity contribution in [1.82, 2.24) is 4.98 Å². The fourth-order valence-electron chi connectivity index (χ4n) is 2.46. The molecule has 108 valence electrons. The molecule has 6 heteroatoms. The number of hydrogen-bond donors (Lipinski definition) is 2. The molecule has 0 radical (unpaired) electrons. The fourth-order valence-corrected chi connectivity index (χ4v) is 2.91. The van der Waals surface area contributed by atoms with Crippen LogP contribution in [0.3, 0.4) is 0 Å². The molecule has 21 heavy (non-hydrogen) atoms. The smallest absolute Gasteiger partial charge is 0.232 e. The van der Waals surface area contributed by atoms with Crippen molar-refractivity contribution in [2.75, 3.05) is 17.2 Å². The van der Waals surface area contributed by atoms with Crippen molar-refractivity contribution < 1.29 is 4.79 Å². The topological polar surface area (TPSA) is 54.0 Å². The first kappa shape index (κ1) is 14.4. The summed E-state index contributed by atoms with van der Waals surface area (Å²) in [7, 11) is 0. The summed E-state index contributed by atoms with van der Waals surface area (Å²) in [5, 5.41) is 6.59. The molecule has 0 aliphatic carbocycles. The van der Waals surface area contributed by atoms with Crippen LogP contribution in [0.4, 0.5) is 11.4 Å². The highest BCUT2D eigenvalue weighted by Crippen LogP contribution is 2.32. The van der Waals surface area contributed by atoms with Gasteiger partial charge in [0, 0.05) is 12.2 Å². The summed E-state index contributed by atoms with van der Waals surface area (Å²) >= 11 is 9.16. The van der Waals surface area contributed by atoms with Gasteiger partial charge in [0.15, 0.2) is 0 Å². The minimum Gasteiger partial charge on any atom is -0.385 e. The van der Waals surface area contributed by atoms with Gasteiger partial charge in [-0.15, -0.1) is 0 Å². The van der Waals surface area contributed by atoms with Gasteiger partial charge in [-0.1, -0.05) is 29.8 Å². The quantitative estimate of drug-likeness (QED) is 0.789. The maximum atomic E-state index is 12.5. The molecule has 2 aromatic rings. The Morgan fingerprint density at radius 1 is 1.43 bits per heavy atom. The third kappa shape index (κ3) is 3.04. The predicted octanol–water partition coefficient (Wildman–Crippen LogP) is 4.04. The van der Waals surface area contributed by atoms with E-state index in [4.69, 9.17) is 11.6 Å². The molecule has 0 fully saturated rings. The van der Waals surface area contributed by atoms with Crippen molar-refractivity contribution in [2.45, 2.75) is 12.3 Å². The van der Waals surface area contributed by atoms with Crippen molar-refractivity contribution in [3.05, 3.63) is 51.7 Å². The van der Waals surface area contributed by atoms with Crippen molar-refractivity contribution >= 4 is 44.8 Å². The zero-order valence-electron chi connectivity index (χ0n) is 11.1. The maximum Gasteiger partial charge on any atom is 0.232 e. The summed E-state index contributed by atoms with van der Waals surface area (Å²) in [6, 6.07) is 9.65. The van der Waals surface area contributed by atoms with Gasteiger partial charge in [0.25, 0.3) is 0 Å². The number of fused-ring (bicyclic) bond motifs is 1. The lowest BCUT2D eigenvalue weighted by Crippen LogP contribution is -2.27. The molecule has 3 rings (SSSR count). The number of aromatic nitrogens is 1. The average molecular weight is 367 g/mol. The van der Waals surface area contributed by atoms with Crippen molar-refractivity contribution in [1.29, 1.82) is 0 Å². The molecule has 0 spiro atoms. The molecule has 1 unspecified atom stereocenters. The van der Waals surface area contributed by atoms with Gasteiger partial charge in [0.1, 0.15) is 5.15 Å². The predicted molar refractivity (Wildman–Crippen MR) is 87.9 cm³/mol. The van der Waals surface area contributed by atoms with Gasteiger partial charge in [-0.2, -0.15) is 0 Å². The van der Waals surface area contributed by atoms with Gasteiger partial charge >= 0.3 is 0 Å². The first-order chi connectivity index (χ1) is 10.1. The van der Waals surface area contributed by atoms with Crippen LogP contribution in [0.5, 0.6) is 0 Å². The normalized spacial score (nSPS) is 16.8. The third-order valence-corrected chi connectivity index (χ3v) is 4.60. The largest absolute Gasteiger partial charge is 0.385 e. The Morgan fingerprint density at radius 3 is 3.05 bits per heavy atom. The zero-order valence-corrected chi connectivity index (χ0v) is 13.4. The second kappa shape index (κ2) is 6.03. The lowest BCUT2D eigenvalue weighted by molar-refractivity contribution is -0.117. The van der Waals surface area contributed by atoms with Gasteiger partial charge in [-0.25, -0.2) is 4.98 Å². The van der Waals surface area contributed by atoms with Gasteiger partial charge in [-0.05, 0) is 40.0 Å². The number of benzene rings is 1. The van der Waals surface area contributed by atoms with Crippen LogP contribution in [0.15, 0.2) is 41.0 Å². The fraction of sp³-hybridized carbons (Fsp3) is 0.200. The van der Waals surface area contributed by atoms with E-state index in [1.165, 1.54) is 0 Å². The molecule has 1 atom stereocenters.